The van der Waals surface area contributed by atoms with Crippen molar-refractivity contribution in [1.82, 2.24) is 14.5 Å². The number of aromatic nitrogens is 2. The van der Waals surface area contributed by atoms with E-state index in [4.69, 9.17) is 21.3 Å². The van der Waals surface area contributed by atoms with Crippen molar-refractivity contribution in [3.05, 3.63) is 55.9 Å². The molecule has 27 heavy (non-hydrogen) atoms. The summed E-state index contributed by atoms with van der Waals surface area (Å²) < 4.78 is 7.55. The van der Waals surface area contributed by atoms with Crippen LogP contribution >= 0.6 is 22.9 Å². The van der Waals surface area contributed by atoms with Crippen molar-refractivity contribution in [3.63, 3.8) is 0 Å². The van der Waals surface area contributed by atoms with Gasteiger partial charge < -0.3 is 9.64 Å². The molecule has 3 aromatic rings. The molecule has 5 nitrogen and oxygen atoms in total. The van der Waals surface area contributed by atoms with Crippen LogP contribution in [0.25, 0.3) is 10.2 Å². The Morgan fingerprint density at radius 1 is 1.22 bits per heavy atom. The fourth-order valence-electron chi connectivity index (χ4n) is 2.95. The average Bonchev–Trinajstić information content (AvgIpc) is 2.89. The normalized spacial score (nSPS) is 11.5. The van der Waals surface area contributed by atoms with Crippen LogP contribution in [0.5, 0.6) is 5.75 Å². The van der Waals surface area contributed by atoms with Gasteiger partial charge in [0.2, 0.25) is 0 Å². The second kappa shape index (κ2) is 8.42. The maximum absolute atomic E-state index is 13.1. The number of ether oxygens (including phenoxy) is 1. The lowest BCUT2D eigenvalue weighted by Crippen LogP contribution is -2.29. The molecule has 0 spiro atoms. The van der Waals surface area contributed by atoms with E-state index in [0.717, 1.165) is 38.7 Å². The lowest BCUT2D eigenvalue weighted by atomic mass is 10.2. The Hall–Kier alpha value is -1.89. The van der Waals surface area contributed by atoms with Crippen molar-refractivity contribution in [2.45, 2.75) is 33.4 Å². The maximum Gasteiger partial charge on any atom is 0.262 e. The molecule has 0 saturated heterocycles. The van der Waals surface area contributed by atoms with E-state index in [1.165, 1.54) is 0 Å². The zero-order chi connectivity index (χ0) is 19.6. The molecule has 0 amide bonds. The Bertz CT molecular complexity index is 993. The van der Waals surface area contributed by atoms with Gasteiger partial charge in [-0.15, -0.1) is 11.3 Å². The predicted molar refractivity (Wildman–Crippen MR) is 112 cm³/mol. The molecule has 0 fully saturated rings. The van der Waals surface area contributed by atoms with Gasteiger partial charge in [-0.2, -0.15) is 0 Å². The monoisotopic (exact) mass is 405 g/mol. The minimum atomic E-state index is 0.0465. The van der Waals surface area contributed by atoms with Crippen molar-refractivity contribution in [1.29, 1.82) is 0 Å². The van der Waals surface area contributed by atoms with Gasteiger partial charge in [-0.05, 0) is 64.2 Å². The molecule has 144 valence electrons. The summed E-state index contributed by atoms with van der Waals surface area (Å²) in [6.45, 7) is 5.76. The molecule has 0 bridgehead atoms. The highest BCUT2D eigenvalue weighted by atomic mass is 35.5. The van der Waals surface area contributed by atoms with Crippen LogP contribution in [0.2, 0.25) is 5.02 Å². The first-order valence-corrected chi connectivity index (χ1v) is 10.1. The molecule has 0 aliphatic rings. The van der Waals surface area contributed by atoms with Crippen LogP contribution in [0.1, 0.15) is 22.7 Å². The number of hydrogen-bond acceptors (Lipinski definition) is 5. The van der Waals surface area contributed by atoms with Crippen molar-refractivity contribution >= 4 is 33.2 Å². The van der Waals surface area contributed by atoms with E-state index in [1.54, 1.807) is 28.0 Å². The number of hydrogen-bond donors (Lipinski definition) is 0. The molecule has 0 saturated carbocycles. The van der Waals surface area contributed by atoms with Crippen LogP contribution in [0.15, 0.2) is 29.1 Å². The smallest absolute Gasteiger partial charge is 0.262 e. The van der Waals surface area contributed by atoms with Crippen LogP contribution in [-0.2, 0) is 13.1 Å². The summed E-state index contributed by atoms with van der Waals surface area (Å²) in [6, 6.07) is 7.29. The van der Waals surface area contributed by atoms with Gasteiger partial charge in [-0.1, -0.05) is 11.6 Å². The third kappa shape index (κ3) is 4.51. The highest BCUT2D eigenvalue weighted by Gasteiger charge is 2.16. The quantitative estimate of drug-likeness (QED) is 0.551. The maximum atomic E-state index is 13.1. The summed E-state index contributed by atoms with van der Waals surface area (Å²) in [5.41, 5.74) is 1.08. The standard InChI is InChI=1S/C20H24ClN3O2S/c1-13-14(2)27-19-18(13)20(25)24(17(22-19)12-23(3)4)10-5-11-26-16-8-6-15(21)7-9-16/h6-9H,5,10-12H2,1-4H3. The van der Waals surface area contributed by atoms with Gasteiger partial charge in [0, 0.05) is 16.4 Å². The first-order chi connectivity index (χ1) is 12.9. The number of halogens is 1. The second-order valence-corrected chi connectivity index (χ2v) is 8.48. The van der Waals surface area contributed by atoms with Crippen molar-refractivity contribution < 1.29 is 4.74 Å². The summed E-state index contributed by atoms with van der Waals surface area (Å²) in [4.78, 5) is 21.9. The van der Waals surface area contributed by atoms with Gasteiger partial charge in [-0.3, -0.25) is 9.36 Å². The summed E-state index contributed by atoms with van der Waals surface area (Å²) in [5.74, 6) is 1.57. The molecule has 7 heteroatoms. The van der Waals surface area contributed by atoms with Gasteiger partial charge in [0.25, 0.3) is 5.56 Å². The Kier molecular flexibility index (Phi) is 6.19. The zero-order valence-electron chi connectivity index (χ0n) is 16.1. The van der Waals surface area contributed by atoms with Crippen molar-refractivity contribution in [2.75, 3.05) is 20.7 Å². The van der Waals surface area contributed by atoms with Gasteiger partial charge in [0.15, 0.2) is 0 Å². The van der Waals surface area contributed by atoms with E-state index in [0.29, 0.717) is 24.7 Å². The largest absolute Gasteiger partial charge is 0.494 e. The number of benzene rings is 1. The van der Waals surface area contributed by atoms with Crippen molar-refractivity contribution in [2.24, 2.45) is 0 Å². The number of thiophene rings is 1. The summed E-state index contributed by atoms with van der Waals surface area (Å²) in [7, 11) is 3.96. The van der Waals surface area contributed by atoms with Crippen LogP contribution in [0.4, 0.5) is 0 Å². The number of aryl methyl sites for hydroxylation is 2. The third-order valence-corrected chi connectivity index (χ3v) is 5.79. The number of rotatable bonds is 7. The highest BCUT2D eigenvalue weighted by Crippen LogP contribution is 2.26. The first kappa shape index (κ1) is 19.9. The van der Waals surface area contributed by atoms with Crippen LogP contribution in [0, 0.1) is 13.8 Å². The molecule has 0 unspecified atom stereocenters. The average molecular weight is 406 g/mol. The van der Waals surface area contributed by atoms with Crippen LogP contribution in [0.3, 0.4) is 0 Å². The minimum absolute atomic E-state index is 0.0465. The molecular formula is C20H24ClN3O2S. The Morgan fingerprint density at radius 3 is 2.59 bits per heavy atom. The molecule has 0 aliphatic heterocycles. The lowest BCUT2D eigenvalue weighted by molar-refractivity contribution is 0.297. The van der Waals surface area contributed by atoms with Gasteiger partial charge in [-0.25, -0.2) is 4.98 Å². The number of fused-ring (bicyclic) bond motifs is 1. The van der Waals surface area contributed by atoms with Gasteiger partial charge in [0.1, 0.15) is 16.4 Å². The lowest BCUT2D eigenvalue weighted by Gasteiger charge is -2.16. The van der Waals surface area contributed by atoms with Crippen LogP contribution < -0.4 is 10.3 Å². The highest BCUT2D eigenvalue weighted by molar-refractivity contribution is 7.18. The van der Waals surface area contributed by atoms with E-state index in [2.05, 4.69) is 0 Å². The molecule has 1 aromatic carbocycles. The zero-order valence-corrected chi connectivity index (χ0v) is 17.7. The Morgan fingerprint density at radius 2 is 1.93 bits per heavy atom. The fraction of sp³-hybridized carbons (Fsp3) is 0.400. The van der Waals surface area contributed by atoms with E-state index < -0.39 is 0 Å². The Labute approximate surface area is 168 Å². The molecule has 0 N–H and O–H groups in total. The molecule has 3 rings (SSSR count). The molecule has 2 heterocycles. The van der Waals surface area contributed by atoms with E-state index in [9.17, 15) is 4.79 Å². The summed E-state index contributed by atoms with van der Waals surface area (Å²) >= 11 is 7.48. The topological polar surface area (TPSA) is 47.4 Å². The van der Waals surface area contributed by atoms with Gasteiger partial charge >= 0.3 is 0 Å². The summed E-state index contributed by atoms with van der Waals surface area (Å²) in [5, 5.41) is 1.43. The van der Waals surface area contributed by atoms with E-state index in [-0.39, 0.29) is 5.56 Å². The predicted octanol–water partition coefficient (Wildman–Crippen LogP) is 4.26. The van der Waals surface area contributed by atoms with Crippen LogP contribution in [-0.4, -0.2) is 35.2 Å². The number of nitrogens with zero attached hydrogens (tertiary/aromatic N) is 3. The van der Waals surface area contributed by atoms with E-state index in [1.807, 2.05) is 45.0 Å². The summed E-state index contributed by atoms with van der Waals surface area (Å²) in [6.07, 6.45) is 0.721. The molecule has 0 radical (unpaired) electrons. The third-order valence-electron chi connectivity index (χ3n) is 4.43. The molecule has 2 aromatic heterocycles. The van der Waals surface area contributed by atoms with Crippen molar-refractivity contribution in [3.8, 4) is 5.75 Å². The second-order valence-electron chi connectivity index (χ2n) is 6.84. The first-order valence-electron chi connectivity index (χ1n) is 8.89. The molecule has 0 aliphatic carbocycles. The SMILES string of the molecule is Cc1sc2nc(CN(C)C)n(CCCOc3ccc(Cl)cc3)c(=O)c2c1C. The fourth-order valence-corrected chi connectivity index (χ4v) is 4.11. The minimum Gasteiger partial charge on any atom is -0.494 e. The van der Waals surface area contributed by atoms with E-state index >= 15 is 0 Å². The Balaban J connectivity index is 1.80. The molecular weight excluding hydrogens is 382 g/mol. The molecule has 0 atom stereocenters. The van der Waals surface area contributed by atoms with Gasteiger partial charge in [0.05, 0.1) is 18.5 Å².